The van der Waals surface area contributed by atoms with E-state index >= 15 is 0 Å². The van der Waals surface area contributed by atoms with E-state index < -0.39 is 5.63 Å². The lowest BCUT2D eigenvalue weighted by molar-refractivity contribution is -0.741. The largest absolute Gasteiger partial charge is 0.438 e. The summed E-state index contributed by atoms with van der Waals surface area (Å²) in [4.78, 5) is 25.2. The van der Waals surface area contributed by atoms with Crippen molar-refractivity contribution >= 4 is 34.1 Å². The summed E-state index contributed by atoms with van der Waals surface area (Å²) < 4.78 is 11.7. The van der Waals surface area contributed by atoms with E-state index in [0.717, 1.165) is 13.1 Å². The van der Waals surface area contributed by atoms with E-state index in [1.807, 2.05) is 4.90 Å². The number of nitrogens with one attached hydrogen (secondary N) is 1. The third-order valence-electron chi connectivity index (χ3n) is 2.66. The first-order valence-electron chi connectivity index (χ1n) is 5.69. The number of carbonyl (C=O) groups excluding carboxylic acids is 1. The van der Waals surface area contributed by atoms with E-state index in [0.29, 0.717) is 17.5 Å². The Kier molecular flexibility index (Phi) is 4.72. The molecule has 0 unspecified atom stereocenters. The highest BCUT2D eigenvalue weighted by atomic mass is 32.2. The second-order valence-corrected chi connectivity index (χ2v) is 5.57. The van der Waals surface area contributed by atoms with Crippen molar-refractivity contribution in [3.8, 4) is 0 Å². The van der Waals surface area contributed by atoms with Gasteiger partial charge in [0, 0.05) is 13.1 Å². The van der Waals surface area contributed by atoms with E-state index in [1.54, 1.807) is 7.05 Å². The van der Waals surface area contributed by atoms with Crippen LogP contribution in [0.15, 0.2) is 9.32 Å². The first-order valence-corrected chi connectivity index (χ1v) is 7.09. The van der Waals surface area contributed by atoms with Gasteiger partial charge < -0.3 is 9.64 Å². The zero-order valence-electron chi connectivity index (χ0n) is 10.4. The van der Waals surface area contributed by atoms with Crippen LogP contribution in [0.3, 0.4) is 0 Å². The van der Waals surface area contributed by atoms with Crippen molar-refractivity contribution in [2.45, 2.75) is 0 Å². The summed E-state index contributed by atoms with van der Waals surface area (Å²) in [5, 5.41) is 2.31. The van der Waals surface area contributed by atoms with E-state index in [9.17, 15) is 9.59 Å². The van der Waals surface area contributed by atoms with Crippen molar-refractivity contribution in [2.75, 3.05) is 32.1 Å². The molecule has 1 fully saturated rings. The number of rotatable bonds is 3. The Balaban J connectivity index is 1.90. The fourth-order valence-corrected chi connectivity index (χ4v) is 2.79. The Labute approximate surface area is 118 Å². The number of hydrogen-bond acceptors (Lipinski definition) is 6. The van der Waals surface area contributed by atoms with Crippen molar-refractivity contribution in [1.29, 1.82) is 0 Å². The number of ketones is 1. The molecule has 0 aliphatic carbocycles. The lowest BCUT2D eigenvalue weighted by Gasteiger charge is -2.28. The average molecular weight is 304 g/mol. The quantitative estimate of drug-likeness (QED) is 0.450. The summed E-state index contributed by atoms with van der Waals surface area (Å²) >= 11 is 6.50. The number of thiocarbonyl (C=S) groups is 1. The number of carbonyl (C=O) groups is 1. The Bertz CT molecular complexity index is 533. The van der Waals surface area contributed by atoms with E-state index in [4.69, 9.17) is 17.0 Å². The molecule has 9 heteroatoms. The van der Waals surface area contributed by atoms with E-state index in [-0.39, 0.29) is 17.2 Å². The molecule has 1 aliphatic heterocycles. The van der Waals surface area contributed by atoms with Crippen LogP contribution in [-0.2, 0) is 11.8 Å². The minimum Gasteiger partial charge on any atom is -0.378 e. The Morgan fingerprint density at radius 2 is 2.21 bits per heavy atom. The van der Waals surface area contributed by atoms with Gasteiger partial charge in [0.25, 0.3) is 0 Å². The van der Waals surface area contributed by atoms with Gasteiger partial charge in [-0.1, -0.05) is 28.7 Å². The lowest BCUT2D eigenvalue weighted by Crippen LogP contribution is -2.41. The number of thioether (sulfide) groups is 1. The number of hydrogen-bond donors (Lipinski definition) is 1. The molecule has 0 radical (unpaired) electrons. The summed E-state index contributed by atoms with van der Waals surface area (Å²) in [6, 6.07) is 0. The average Bonchev–Trinajstić information content (AvgIpc) is 2.76. The van der Waals surface area contributed by atoms with E-state index in [1.165, 1.54) is 16.4 Å². The summed E-state index contributed by atoms with van der Waals surface area (Å²) in [7, 11) is 1.54. The second-order valence-electron chi connectivity index (χ2n) is 3.97. The maximum atomic E-state index is 11.9. The molecule has 2 heterocycles. The molecule has 0 atom stereocenters. The van der Waals surface area contributed by atoms with Crippen LogP contribution in [0, 0.1) is 0 Å². The Hall–Kier alpha value is -1.19. The van der Waals surface area contributed by atoms with Gasteiger partial charge in [-0.15, -0.1) is 0 Å². The Morgan fingerprint density at radius 3 is 2.79 bits per heavy atom. The first kappa shape index (κ1) is 14.2. The number of aryl methyl sites for hydroxylation is 1. The molecular weight excluding hydrogens is 290 g/mol. The van der Waals surface area contributed by atoms with Crippen molar-refractivity contribution in [3.63, 3.8) is 0 Å². The molecule has 7 nitrogen and oxygen atoms in total. The van der Waals surface area contributed by atoms with Gasteiger partial charge in [0.1, 0.15) is 4.32 Å². The zero-order chi connectivity index (χ0) is 13.8. The van der Waals surface area contributed by atoms with Crippen LogP contribution in [-0.4, -0.2) is 52.3 Å². The molecule has 1 N–H and O–H groups in total. The van der Waals surface area contributed by atoms with Crippen LogP contribution >= 0.6 is 24.0 Å². The fraction of sp³-hybridized carbons (Fsp3) is 0.600. The molecule has 0 amide bonds. The molecular formula is C10H14N3O4S2+. The summed E-state index contributed by atoms with van der Waals surface area (Å²) in [5.74, 6) is -0.190. The summed E-state index contributed by atoms with van der Waals surface area (Å²) in [6.45, 7) is 2.76. The minimum atomic E-state index is -0.662. The van der Waals surface area contributed by atoms with E-state index in [2.05, 4.69) is 9.79 Å². The van der Waals surface area contributed by atoms with Crippen LogP contribution in [0.25, 0.3) is 0 Å². The highest BCUT2D eigenvalue weighted by Gasteiger charge is 2.27. The molecule has 19 heavy (non-hydrogen) atoms. The van der Waals surface area contributed by atoms with Gasteiger partial charge in [-0.2, -0.15) is 0 Å². The molecule has 0 aromatic carbocycles. The number of H-pyrrole nitrogens is 1. The number of aromatic nitrogens is 2. The van der Waals surface area contributed by atoms with Crippen molar-refractivity contribution in [1.82, 2.24) is 10.2 Å². The molecule has 1 saturated heterocycles. The smallest absolute Gasteiger partial charge is 0.378 e. The third-order valence-corrected chi connectivity index (χ3v) is 4.19. The maximum Gasteiger partial charge on any atom is 0.438 e. The number of aromatic amines is 1. The Morgan fingerprint density at radius 1 is 1.53 bits per heavy atom. The monoisotopic (exact) mass is 304 g/mol. The predicted molar refractivity (Wildman–Crippen MR) is 72.3 cm³/mol. The number of Topliss-reactive ketones (excluding diaryl/α,β-unsaturated/α-hetero) is 1. The van der Waals surface area contributed by atoms with Gasteiger partial charge in [-0.05, 0) is 5.27 Å². The van der Waals surface area contributed by atoms with Crippen LogP contribution < -0.4 is 10.3 Å². The van der Waals surface area contributed by atoms with Crippen molar-refractivity contribution in [2.24, 2.45) is 7.05 Å². The van der Waals surface area contributed by atoms with Gasteiger partial charge >= 0.3 is 11.3 Å². The highest BCUT2D eigenvalue weighted by molar-refractivity contribution is 8.23. The zero-order valence-corrected chi connectivity index (χ0v) is 12.0. The second kappa shape index (κ2) is 6.31. The maximum absolute atomic E-state index is 11.9. The number of morpholine rings is 1. The van der Waals surface area contributed by atoms with Crippen LogP contribution in [0.2, 0.25) is 0 Å². The molecule has 0 spiro atoms. The molecule has 2 rings (SSSR count). The molecule has 1 aromatic rings. The normalized spacial score (nSPS) is 15.5. The van der Waals surface area contributed by atoms with Gasteiger partial charge in [0.15, 0.2) is 7.05 Å². The van der Waals surface area contributed by atoms with Crippen LogP contribution in [0.5, 0.6) is 0 Å². The first-order chi connectivity index (χ1) is 9.09. The van der Waals surface area contributed by atoms with Crippen molar-refractivity contribution in [3.05, 3.63) is 16.1 Å². The summed E-state index contributed by atoms with van der Waals surface area (Å²) in [5.41, 5.74) is -0.664. The highest BCUT2D eigenvalue weighted by Crippen LogP contribution is 2.12. The standard InChI is InChI=1S/C10H13N3O4S2/c1-12-8(9(15)17-11-12)7(14)6-19-10(18)13-2-4-16-5-3-13/h2-6H2,1H3/p+1. The van der Waals surface area contributed by atoms with Crippen molar-refractivity contribution < 1.29 is 18.7 Å². The van der Waals surface area contributed by atoms with Gasteiger partial charge in [-0.3, -0.25) is 9.32 Å². The SMILES string of the molecule is C[n+]1[nH]oc(=O)c1C(=O)CSC(=S)N1CCOCC1. The molecule has 0 saturated carbocycles. The number of ether oxygens (including phenoxy) is 1. The number of nitrogens with zero attached hydrogens (tertiary/aromatic N) is 2. The van der Waals surface area contributed by atoms with Gasteiger partial charge in [0.05, 0.1) is 19.0 Å². The van der Waals surface area contributed by atoms with Crippen LogP contribution in [0.4, 0.5) is 0 Å². The lowest BCUT2D eigenvalue weighted by atomic mass is 10.3. The molecule has 1 aliphatic rings. The minimum absolute atomic E-state index is 0.00252. The third kappa shape index (κ3) is 3.43. The molecule has 104 valence electrons. The predicted octanol–water partition coefficient (Wildman–Crippen LogP) is -0.675. The van der Waals surface area contributed by atoms with Gasteiger partial charge in [-0.25, -0.2) is 4.79 Å². The molecule has 1 aromatic heterocycles. The fourth-order valence-electron chi connectivity index (χ4n) is 1.67. The summed E-state index contributed by atoms with van der Waals surface area (Å²) in [6.07, 6.45) is 0. The molecule has 0 bridgehead atoms. The van der Waals surface area contributed by atoms with Gasteiger partial charge in [0.2, 0.25) is 5.78 Å². The topological polar surface area (TPSA) is 79.4 Å². The van der Waals surface area contributed by atoms with Crippen LogP contribution in [0.1, 0.15) is 10.5 Å².